The molecule has 0 radical (unpaired) electrons. The summed E-state index contributed by atoms with van der Waals surface area (Å²) >= 11 is 6.70. The monoisotopic (exact) mass is 601 g/mol. The maximum atomic E-state index is 10.2. The van der Waals surface area contributed by atoms with Crippen LogP contribution in [0.5, 0.6) is 11.8 Å². The van der Waals surface area contributed by atoms with Crippen LogP contribution in [0, 0.1) is 20.2 Å². The van der Waals surface area contributed by atoms with Crippen molar-refractivity contribution in [2.24, 2.45) is 0 Å². The zero-order valence-electron chi connectivity index (χ0n) is 18.8. The highest BCUT2D eigenvalue weighted by molar-refractivity contribution is 7.21. The number of aromatic nitrogens is 4. The van der Waals surface area contributed by atoms with Gasteiger partial charge >= 0.3 is 0 Å². The second kappa shape index (κ2) is 19.8. The van der Waals surface area contributed by atoms with Gasteiger partial charge in [-0.1, -0.05) is 45.2 Å². The van der Waals surface area contributed by atoms with E-state index in [4.69, 9.17) is 37.0 Å². The Morgan fingerprint density at radius 3 is 1.82 bits per heavy atom. The van der Waals surface area contributed by atoms with Crippen molar-refractivity contribution in [3.05, 3.63) is 74.2 Å². The van der Waals surface area contributed by atoms with Crippen LogP contribution in [0.3, 0.4) is 0 Å². The number of pyridine rings is 3. The predicted molar refractivity (Wildman–Crippen MR) is 154 cm³/mol. The van der Waals surface area contributed by atoms with Crippen molar-refractivity contribution < 1.29 is 29.5 Å². The molecule has 4 rings (SSSR count). The van der Waals surface area contributed by atoms with Gasteiger partial charge in [-0.05, 0) is 12.1 Å². The Kier molecular flexibility index (Phi) is 18.7. The molecular weight excluding hydrogens is 570 g/mol. The molecule has 0 atom stereocenters. The molecule has 4 aromatic rings. The van der Waals surface area contributed by atoms with Crippen LogP contribution >= 0.6 is 22.9 Å². The van der Waals surface area contributed by atoms with Crippen LogP contribution in [0.2, 0.25) is 5.15 Å². The van der Waals surface area contributed by atoms with Crippen LogP contribution in [0.4, 0.5) is 16.5 Å². The number of aliphatic hydroxyl groups is 2. The second-order valence-corrected chi connectivity index (χ2v) is 7.77. The van der Waals surface area contributed by atoms with E-state index in [-0.39, 0.29) is 71.1 Å². The lowest BCUT2D eigenvalue weighted by Gasteiger charge is -2.01. The van der Waals surface area contributed by atoms with Crippen molar-refractivity contribution in [1.29, 1.82) is 0 Å². The Morgan fingerprint density at radius 1 is 0.825 bits per heavy atom. The molecule has 0 bridgehead atoms. The number of fused-ring (bicyclic) bond motifs is 1. The largest absolute Gasteiger partial charge is 0.475 e. The summed E-state index contributed by atoms with van der Waals surface area (Å²) in [6.45, 7) is 0.237. The number of thiazole rings is 1. The van der Waals surface area contributed by atoms with Gasteiger partial charge in [-0.3, -0.25) is 20.2 Å². The normalized spacial score (nSPS) is 9.18. The number of ether oxygens (including phenoxy) is 2. The fraction of sp³-hybridized carbons (Fsp3) is 0.304. The summed E-state index contributed by atoms with van der Waals surface area (Å²) in [6, 6.07) is 8.85. The van der Waals surface area contributed by atoms with Gasteiger partial charge in [-0.2, -0.15) is 0 Å². The standard InChI is InChI=1S/C8H9N3O2S.C7H8N2O4.C5H3ClN2O2.3CH4/c9-8-10-5-1-2-6(13-4-3-12)11-7(5)14-8;10-3-4-13-7-2-1-6(5-8-7)9(11)12;6-5-2-1-4(3-7-5)8(9)10;;;/h1-2,12H,3-4H2,(H2,9,10);1-2,5,10H,3-4H2;1-3H;3*1H4. The molecule has 0 fully saturated rings. The number of hydrogen-bond donors (Lipinski definition) is 3. The van der Waals surface area contributed by atoms with Crippen LogP contribution in [0.1, 0.15) is 22.3 Å². The zero-order chi connectivity index (χ0) is 27.2. The SMILES string of the molecule is C.C.C.Nc1nc2ccc(OCCO)nc2s1.O=[N+]([O-])c1ccc(Cl)nc1.O=[N+]([O-])c1ccc(OCCO)nc1. The molecule has 220 valence electrons. The summed E-state index contributed by atoms with van der Waals surface area (Å²) in [5.74, 6) is 0.745. The summed E-state index contributed by atoms with van der Waals surface area (Å²) in [5, 5.41) is 38.0. The van der Waals surface area contributed by atoms with Crippen molar-refractivity contribution in [2.45, 2.75) is 22.3 Å². The van der Waals surface area contributed by atoms with Gasteiger partial charge in [-0.15, -0.1) is 0 Å². The fourth-order valence-electron chi connectivity index (χ4n) is 2.24. The van der Waals surface area contributed by atoms with E-state index in [1.165, 1.54) is 35.6 Å². The number of nitro groups is 2. The molecule has 0 spiro atoms. The van der Waals surface area contributed by atoms with Crippen LogP contribution in [0.15, 0.2) is 48.8 Å². The molecule has 4 N–H and O–H groups in total. The van der Waals surface area contributed by atoms with Gasteiger partial charge in [0.05, 0.1) is 23.1 Å². The smallest absolute Gasteiger partial charge is 0.287 e. The molecule has 0 aliphatic heterocycles. The summed E-state index contributed by atoms with van der Waals surface area (Å²) in [4.78, 5) is 35.4. The first-order valence-corrected chi connectivity index (χ1v) is 11.3. The average molecular weight is 602 g/mol. The molecule has 40 heavy (non-hydrogen) atoms. The van der Waals surface area contributed by atoms with E-state index in [1.54, 1.807) is 12.1 Å². The van der Waals surface area contributed by atoms with E-state index in [2.05, 4.69) is 19.9 Å². The minimum atomic E-state index is -0.539. The van der Waals surface area contributed by atoms with E-state index in [9.17, 15) is 20.2 Å². The Hall–Kier alpha value is -4.25. The lowest BCUT2D eigenvalue weighted by molar-refractivity contribution is -0.385. The molecule has 4 aromatic heterocycles. The van der Waals surface area contributed by atoms with Crippen molar-refractivity contribution >= 4 is 49.8 Å². The third kappa shape index (κ3) is 13.0. The summed E-state index contributed by atoms with van der Waals surface area (Å²) in [5.41, 5.74) is 6.16. The highest BCUT2D eigenvalue weighted by Crippen LogP contribution is 2.23. The molecule has 0 saturated carbocycles. The number of halogens is 1. The van der Waals surface area contributed by atoms with E-state index >= 15 is 0 Å². The third-order valence-electron chi connectivity index (χ3n) is 3.78. The lowest BCUT2D eigenvalue weighted by atomic mass is 10.4. The summed E-state index contributed by atoms with van der Waals surface area (Å²) in [7, 11) is 0. The first kappa shape index (κ1) is 37.9. The van der Waals surface area contributed by atoms with Crippen LogP contribution in [0.25, 0.3) is 10.3 Å². The Bertz CT molecular complexity index is 1290. The van der Waals surface area contributed by atoms with Gasteiger partial charge in [0.1, 0.15) is 41.1 Å². The van der Waals surface area contributed by atoms with Crippen LogP contribution in [-0.4, -0.2) is 66.4 Å². The Labute approximate surface area is 239 Å². The number of aliphatic hydroxyl groups excluding tert-OH is 2. The van der Waals surface area contributed by atoms with Gasteiger partial charge in [0.25, 0.3) is 11.4 Å². The van der Waals surface area contributed by atoms with Crippen LogP contribution < -0.4 is 15.2 Å². The van der Waals surface area contributed by atoms with Gasteiger partial charge in [0.15, 0.2) is 5.13 Å². The fourth-order valence-corrected chi connectivity index (χ4v) is 3.05. The quantitative estimate of drug-likeness (QED) is 0.143. The molecule has 0 unspecified atom stereocenters. The molecule has 0 saturated heterocycles. The zero-order valence-corrected chi connectivity index (χ0v) is 20.4. The average Bonchev–Trinajstić information content (AvgIpc) is 3.26. The summed E-state index contributed by atoms with van der Waals surface area (Å²) in [6.07, 6.45) is 2.22. The number of nitrogens with two attached hydrogens (primary N) is 1. The molecule has 0 aromatic carbocycles. The number of nitrogen functional groups attached to an aromatic ring is 1. The Morgan fingerprint density at radius 2 is 1.35 bits per heavy atom. The number of nitrogens with zero attached hydrogens (tertiary/aromatic N) is 6. The minimum Gasteiger partial charge on any atom is -0.475 e. The first-order chi connectivity index (χ1) is 17.7. The van der Waals surface area contributed by atoms with Gasteiger partial charge in [-0.25, -0.2) is 19.9 Å². The highest BCUT2D eigenvalue weighted by atomic mass is 35.5. The predicted octanol–water partition coefficient (Wildman–Crippen LogP) is 4.56. The van der Waals surface area contributed by atoms with Crippen LogP contribution in [-0.2, 0) is 0 Å². The molecular formula is C23H32ClN7O8S. The first-order valence-electron chi connectivity index (χ1n) is 10.1. The third-order valence-corrected chi connectivity index (χ3v) is 4.80. The lowest BCUT2D eigenvalue weighted by Crippen LogP contribution is -2.02. The molecule has 0 aliphatic carbocycles. The van der Waals surface area contributed by atoms with Gasteiger partial charge < -0.3 is 25.4 Å². The molecule has 0 amide bonds. The minimum absolute atomic E-state index is 0. The maximum Gasteiger partial charge on any atom is 0.287 e. The van der Waals surface area contributed by atoms with E-state index < -0.39 is 9.85 Å². The number of hydrogen-bond acceptors (Lipinski definition) is 14. The number of rotatable bonds is 8. The van der Waals surface area contributed by atoms with E-state index in [0.29, 0.717) is 11.0 Å². The van der Waals surface area contributed by atoms with Crippen molar-refractivity contribution in [3.8, 4) is 11.8 Å². The van der Waals surface area contributed by atoms with Crippen molar-refractivity contribution in [3.63, 3.8) is 0 Å². The summed E-state index contributed by atoms with van der Waals surface area (Å²) < 4.78 is 10.1. The molecule has 15 nitrogen and oxygen atoms in total. The highest BCUT2D eigenvalue weighted by Gasteiger charge is 2.06. The van der Waals surface area contributed by atoms with Crippen molar-refractivity contribution in [1.82, 2.24) is 19.9 Å². The molecule has 4 heterocycles. The van der Waals surface area contributed by atoms with Gasteiger partial charge in [0.2, 0.25) is 11.8 Å². The second-order valence-electron chi connectivity index (χ2n) is 6.38. The van der Waals surface area contributed by atoms with Gasteiger partial charge in [0, 0.05) is 24.3 Å². The maximum absolute atomic E-state index is 10.2. The topological polar surface area (TPSA) is 223 Å². The Balaban J connectivity index is 0. The van der Waals surface area contributed by atoms with E-state index in [0.717, 1.165) is 22.7 Å². The van der Waals surface area contributed by atoms with E-state index in [1.807, 2.05) is 0 Å². The van der Waals surface area contributed by atoms with Crippen molar-refractivity contribution in [2.75, 3.05) is 32.2 Å². The molecule has 17 heteroatoms. The number of anilines is 1. The molecule has 0 aliphatic rings.